The Kier molecular flexibility index (Phi) is 3.10. The highest BCUT2D eigenvalue weighted by Crippen LogP contribution is 2.35. The first kappa shape index (κ1) is 12.3. The van der Waals surface area contributed by atoms with Gasteiger partial charge in [0.25, 0.3) is 0 Å². The molecule has 0 saturated heterocycles. The van der Waals surface area contributed by atoms with Crippen LogP contribution in [0, 0.1) is 6.92 Å². The van der Waals surface area contributed by atoms with Crippen LogP contribution in [-0.4, -0.2) is 10.8 Å². The van der Waals surface area contributed by atoms with E-state index in [0.29, 0.717) is 17.9 Å². The lowest BCUT2D eigenvalue weighted by Gasteiger charge is -2.33. The van der Waals surface area contributed by atoms with Crippen molar-refractivity contribution < 1.29 is 13.9 Å². The van der Waals surface area contributed by atoms with Crippen LogP contribution in [0.2, 0.25) is 0 Å². The molecule has 0 amide bonds. The third-order valence-corrected chi connectivity index (χ3v) is 2.63. The lowest BCUT2D eigenvalue weighted by molar-refractivity contribution is -0.180. The third-order valence-electron chi connectivity index (χ3n) is 2.53. The molecule has 0 aliphatic carbocycles. The number of pyridine rings is 1. The fourth-order valence-corrected chi connectivity index (χ4v) is 1.82. The molecule has 0 radical (unpaired) electrons. The zero-order valence-electron chi connectivity index (χ0n) is 9.88. The number of nitrogens with zero attached hydrogens (tertiary/aromatic N) is 1. The molecule has 1 aliphatic heterocycles. The molecular weight excluding hydrogens is 245 g/mol. The van der Waals surface area contributed by atoms with Gasteiger partial charge in [0, 0.05) is 31.2 Å². The van der Waals surface area contributed by atoms with Crippen LogP contribution in [0.3, 0.4) is 0 Å². The van der Waals surface area contributed by atoms with Crippen LogP contribution >= 0.6 is 11.6 Å². The Hall–Kier alpha value is -1.13. The van der Waals surface area contributed by atoms with Crippen molar-refractivity contribution in [3.63, 3.8) is 0 Å². The van der Waals surface area contributed by atoms with E-state index in [2.05, 4.69) is 4.98 Å². The highest BCUT2D eigenvalue weighted by Gasteiger charge is 2.30. The molecule has 0 N–H and O–H groups in total. The first-order valence-electron chi connectivity index (χ1n) is 5.23. The standard InChI is InChI=1S/C12H13ClFNO2/c1-7-11-9(6-16-12(2,3)17-11)8(5-15-7)4-10(13)14/h4-5H,6H2,1-3H3/b10-4-. The van der Waals surface area contributed by atoms with Gasteiger partial charge in [0.15, 0.2) is 5.29 Å². The van der Waals surface area contributed by atoms with Crippen molar-refractivity contribution in [3.8, 4) is 5.75 Å². The first-order valence-corrected chi connectivity index (χ1v) is 5.61. The largest absolute Gasteiger partial charge is 0.461 e. The summed E-state index contributed by atoms with van der Waals surface area (Å²) in [7, 11) is 0. The van der Waals surface area contributed by atoms with Crippen molar-refractivity contribution in [1.29, 1.82) is 0 Å². The van der Waals surface area contributed by atoms with Crippen LogP contribution in [0.5, 0.6) is 5.75 Å². The minimum Gasteiger partial charge on any atom is -0.461 e. The van der Waals surface area contributed by atoms with Crippen LogP contribution in [-0.2, 0) is 11.3 Å². The van der Waals surface area contributed by atoms with Crippen LogP contribution in [0.25, 0.3) is 6.08 Å². The quantitative estimate of drug-likeness (QED) is 0.771. The van der Waals surface area contributed by atoms with Gasteiger partial charge in [-0.1, -0.05) is 11.6 Å². The molecule has 0 spiro atoms. The normalized spacial score (nSPS) is 18.5. The summed E-state index contributed by atoms with van der Waals surface area (Å²) in [5.74, 6) is -0.0469. The Morgan fingerprint density at radius 3 is 2.94 bits per heavy atom. The average Bonchev–Trinajstić information content (AvgIpc) is 2.21. The number of hydrogen-bond acceptors (Lipinski definition) is 3. The van der Waals surface area contributed by atoms with E-state index in [9.17, 15) is 4.39 Å². The van der Waals surface area contributed by atoms with Gasteiger partial charge in [-0.2, -0.15) is 4.39 Å². The van der Waals surface area contributed by atoms with Crippen LogP contribution < -0.4 is 4.74 Å². The monoisotopic (exact) mass is 257 g/mol. The molecule has 0 unspecified atom stereocenters. The fourth-order valence-electron chi connectivity index (χ4n) is 1.70. The number of rotatable bonds is 1. The number of ether oxygens (including phenoxy) is 2. The van der Waals surface area contributed by atoms with Gasteiger partial charge in [-0.05, 0) is 13.0 Å². The number of aryl methyl sites for hydroxylation is 1. The minimum absolute atomic E-state index is 0.349. The van der Waals surface area contributed by atoms with Gasteiger partial charge in [0.1, 0.15) is 5.75 Å². The molecule has 1 aromatic heterocycles. The number of hydrogen-bond donors (Lipinski definition) is 0. The molecule has 3 nitrogen and oxygen atoms in total. The molecule has 92 valence electrons. The highest BCUT2D eigenvalue weighted by atomic mass is 35.5. The van der Waals surface area contributed by atoms with Gasteiger partial charge in [0.05, 0.1) is 12.3 Å². The van der Waals surface area contributed by atoms with E-state index >= 15 is 0 Å². The predicted octanol–water partition coefficient (Wildman–Crippen LogP) is 3.54. The Morgan fingerprint density at radius 1 is 1.59 bits per heavy atom. The first-order chi connectivity index (χ1) is 7.89. The summed E-state index contributed by atoms with van der Waals surface area (Å²) in [6.07, 6.45) is 2.76. The second kappa shape index (κ2) is 4.27. The van der Waals surface area contributed by atoms with Crippen LogP contribution in [0.1, 0.15) is 30.7 Å². The Bertz CT molecular complexity index is 482. The van der Waals surface area contributed by atoms with Crippen molar-refractivity contribution in [1.82, 2.24) is 4.98 Å². The molecule has 0 bridgehead atoms. The lowest BCUT2D eigenvalue weighted by Crippen LogP contribution is -2.36. The minimum atomic E-state index is -0.789. The third kappa shape index (κ3) is 2.58. The van der Waals surface area contributed by atoms with E-state index in [-0.39, 0.29) is 0 Å². The summed E-state index contributed by atoms with van der Waals surface area (Å²) in [5.41, 5.74) is 2.10. The maximum atomic E-state index is 12.7. The number of fused-ring (bicyclic) bond motifs is 1. The van der Waals surface area contributed by atoms with Crippen LogP contribution in [0.4, 0.5) is 4.39 Å². The molecule has 2 rings (SSSR count). The maximum Gasteiger partial charge on any atom is 0.205 e. The van der Waals surface area contributed by atoms with Crippen molar-refractivity contribution >= 4 is 17.7 Å². The molecule has 0 atom stereocenters. The van der Waals surface area contributed by atoms with E-state index in [4.69, 9.17) is 21.1 Å². The van der Waals surface area contributed by atoms with E-state index < -0.39 is 11.1 Å². The van der Waals surface area contributed by atoms with Crippen LogP contribution in [0.15, 0.2) is 11.5 Å². The summed E-state index contributed by atoms with van der Waals surface area (Å²) < 4.78 is 23.9. The Labute approximate surface area is 104 Å². The second-order valence-corrected chi connectivity index (χ2v) is 4.69. The molecular formula is C12H13ClFNO2. The van der Waals surface area contributed by atoms with E-state index in [1.54, 1.807) is 6.20 Å². The lowest BCUT2D eigenvalue weighted by atomic mass is 10.1. The van der Waals surface area contributed by atoms with Gasteiger partial charge in [-0.15, -0.1) is 0 Å². The van der Waals surface area contributed by atoms with Crippen molar-refractivity contribution in [2.75, 3.05) is 0 Å². The summed E-state index contributed by atoms with van der Waals surface area (Å²) >= 11 is 5.24. The predicted molar refractivity (Wildman–Crippen MR) is 63.4 cm³/mol. The van der Waals surface area contributed by atoms with Gasteiger partial charge >= 0.3 is 0 Å². The van der Waals surface area contributed by atoms with E-state index in [0.717, 1.165) is 11.3 Å². The Balaban J connectivity index is 2.52. The fraction of sp³-hybridized carbons (Fsp3) is 0.417. The van der Waals surface area contributed by atoms with E-state index in [1.807, 2.05) is 20.8 Å². The summed E-state index contributed by atoms with van der Waals surface area (Å²) in [4.78, 5) is 4.16. The zero-order chi connectivity index (χ0) is 12.6. The highest BCUT2D eigenvalue weighted by molar-refractivity contribution is 6.30. The number of halogens is 2. The molecule has 2 heterocycles. The van der Waals surface area contributed by atoms with Gasteiger partial charge in [0.2, 0.25) is 5.79 Å². The SMILES string of the molecule is Cc1ncc(/C=C(\F)Cl)c2c1OC(C)(C)OC2. The van der Waals surface area contributed by atoms with Crippen molar-refractivity contribution in [2.24, 2.45) is 0 Å². The van der Waals surface area contributed by atoms with Gasteiger partial charge in [-0.3, -0.25) is 4.98 Å². The molecule has 5 heteroatoms. The molecule has 1 aromatic rings. The molecule has 17 heavy (non-hydrogen) atoms. The average molecular weight is 258 g/mol. The molecule has 0 fully saturated rings. The van der Waals surface area contributed by atoms with E-state index in [1.165, 1.54) is 6.08 Å². The van der Waals surface area contributed by atoms with Gasteiger partial charge < -0.3 is 9.47 Å². The summed E-state index contributed by atoms with van der Waals surface area (Å²) in [6.45, 7) is 5.83. The molecule has 0 saturated carbocycles. The summed E-state index contributed by atoms with van der Waals surface area (Å²) in [6, 6.07) is 0. The van der Waals surface area contributed by atoms with Crippen molar-refractivity contribution in [2.45, 2.75) is 33.2 Å². The number of aromatic nitrogens is 1. The molecule has 1 aliphatic rings. The second-order valence-electron chi connectivity index (χ2n) is 4.33. The maximum absolute atomic E-state index is 12.7. The summed E-state index contributed by atoms with van der Waals surface area (Å²) in [5, 5.41) is -0.789. The molecule has 0 aromatic carbocycles. The van der Waals surface area contributed by atoms with Gasteiger partial charge in [-0.25, -0.2) is 0 Å². The Morgan fingerprint density at radius 2 is 2.29 bits per heavy atom. The zero-order valence-corrected chi connectivity index (χ0v) is 10.6. The van der Waals surface area contributed by atoms with Crippen molar-refractivity contribution in [3.05, 3.63) is 28.3 Å². The smallest absolute Gasteiger partial charge is 0.205 e. The topological polar surface area (TPSA) is 31.4 Å².